The fourth-order valence-corrected chi connectivity index (χ4v) is 3.93. The fraction of sp³-hybridized carbons (Fsp3) is 0.250. The van der Waals surface area contributed by atoms with E-state index in [0.717, 1.165) is 0 Å². The second-order valence-corrected chi connectivity index (χ2v) is 6.60. The molecule has 0 aliphatic heterocycles. The molecule has 2 aliphatic rings. The SMILES string of the molecule is C#Cc1cc(-c2cnn(C)c2)cc2c1C1=CC=CCC1C2(O)C(F)(F)F. The van der Waals surface area contributed by atoms with Gasteiger partial charge in [-0.3, -0.25) is 4.68 Å². The number of allylic oxidation sites excluding steroid dienone is 3. The molecule has 0 spiro atoms. The molecule has 6 heteroatoms. The maximum absolute atomic E-state index is 14.0. The van der Waals surface area contributed by atoms with E-state index in [1.54, 1.807) is 48.4 Å². The van der Waals surface area contributed by atoms with Gasteiger partial charge in [0.1, 0.15) is 0 Å². The number of hydrogen-bond donors (Lipinski definition) is 1. The Morgan fingerprint density at radius 2 is 2.12 bits per heavy atom. The summed E-state index contributed by atoms with van der Waals surface area (Å²) in [6, 6.07) is 3.06. The smallest absolute Gasteiger partial charge is 0.376 e. The van der Waals surface area contributed by atoms with Crippen molar-refractivity contribution in [3.8, 4) is 23.5 Å². The lowest BCUT2D eigenvalue weighted by molar-refractivity contribution is -0.277. The van der Waals surface area contributed by atoms with Crippen LogP contribution in [0.1, 0.15) is 23.1 Å². The van der Waals surface area contributed by atoms with Gasteiger partial charge < -0.3 is 5.11 Å². The van der Waals surface area contributed by atoms with Gasteiger partial charge >= 0.3 is 6.18 Å². The van der Waals surface area contributed by atoms with Crippen molar-refractivity contribution >= 4 is 5.57 Å². The molecule has 0 fully saturated rings. The Morgan fingerprint density at radius 1 is 1.35 bits per heavy atom. The van der Waals surface area contributed by atoms with Crippen LogP contribution in [0.2, 0.25) is 0 Å². The zero-order valence-electron chi connectivity index (χ0n) is 13.9. The molecule has 0 amide bonds. The molecule has 2 unspecified atom stereocenters. The van der Waals surface area contributed by atoms with Crippen LogP contribution in [0.4, 0.5) is 13.2 Å². The Balaban J connectivity index is 2.05. The summed E-state index contributed by atoms with van der Waals surface area (Å²) in [6.07, 6.45) is 9.08. The summed E-state index contributed by atoms with van der Waals surface area (Å²) in [4.78, 5) is 0. The molecule has 26 heavy (non-hydrogen) atoms. The third-order valence-corrected chi connectivity index (χ3v) is 5.13. The third-order valence-electron chi connectivity index (χ3n) is 5.13. The number of nitrogens with zero attached hydrogens (tertiary/aromatic N) is 2. The topological polar surface area (TPSA) is 38.0 Å². The van der Waals surface area contributed by atoms with E-state index < -0.39 is 17.7 Å². The molecule has 1 N–H and O–H groups in total. The highest BCUT2D eigenvalue weighted by molar-refractivity contribution is 5.85. The number of hydrogen-bond acceptors (Lipinski definition) is 2. The number of aliphatic hydroxyl groups is 1. The van der Waals surface area contributed by atoms with E-state index in [4.69, 9.17) is 6.42 Å². The first-order valence-electron chi connectivity index (χ1n) is 8.07. The summed E-state index contributed by atoms with van der Waals surface area (Å²) >= 11 is 0. The molecule has 0 saturated carbocycles. The number of fused-ring (bicyclic) bond motifs is 3. The second-order valence-electron chi connectivity index (χ2n) is 6.60. The normalized spacial score (nSPS) is 24.0. The highest BCUT2D eigenvalue weighted by Gasteiger charge is 2.64. The zero-order chi connectivity index (χ0) is 18.7. The average molecular weight is 356 g/mol. The first kappa shape index (κ1) is 16.7. The van der Waals surface area contributed by atoms with E-state index in [1.807, 2.05) is 0 Å². The fourth-order valence-electron chi connectivity index (χ4n) is 3.93. The predicted molar refractivity (Wildman–Crippen MR) is 91.8 cm³/mol. The third kappa shape index (κ3) is 2.10. The Hall–Kier alpha value is -2.78. The van der Waals surface area contributed by atoms with E-state index in [9.17, 15) is 18.3 Å². The highest BCUT2D eigenvalue weighted by atomic mass is 19.4. The lowest BCUT2D eigenvalue weighted by Crippen LogP contribution is -2.46. The molecule has 2 atom stereocenters. The molecular weight excluding hydrogens is 341 g/mol. The molecule has 2 aliphatic carbocycles. The van der Waals surface area contributed by atoms with Gasteiger partial charge in [0.15, 0.2) is 5.60 Å². The van der Waals surface area contributed by atoms with Gasteiger partial charge in [0, 0.05) is 41.4 Å². The van der Waals surface area contributed by atoms with Crippen molar-refractivity contribution in [3.05, 3.63) is 59.4 Å². The maximum atomic E-state index is 14.0. The number of alkyl halides is 3. The lowest BCUT2D eigenvalue weighted by atomic mass is 9.81. The van der Waals surface area contributed by atoms with E-state index in [-0.39, 0.29) is 12.0 Å². The predicted octanol–water partition coefficient (Wildman–Crippen LogP) is 3.79. The van der Waals surface area contributed by atoms with Crippen molar-refractivity contribution in [1.29, 1.82) is 0 Å². The number of rotatable bonds is 1. The van der Waals surface area contributed by atoms with Crippen LogP contribution in [0, 0.1) is 18.3 Å². The number of halogens is 3. The van der Waals surface area contributed by atoms with Gasteiger partial charge in [-0.1, -0.05) is 24.1 Å². The number of terminal acetylenes is 1. The molecule has 2 aromatic rings. The van der Waals surface area contributed by atoms with Crippen LogP contribution in [-0.4, -0.2) is 21.1 Å². The van der Waals surface area contributed by atoms with Crippen LogP contribution in [-0.2, 0) is 12.6 Å². The largest absolute Gasteiger partial charge is 0.422 e. The molecule has 0 bridgehead atoms. The number of aryl methyl sites for hydroxylation is 1. The van der Waals surface area contributed by atoms with Crippen molar-refractivity contribution in [2.45, 2.75) is 18.2 Å². The summed E-state index contributed by atoms with van der Waals surface area (Å²) in [7, 11) is 1.72. The Bertz CT molecular complexity index is 1010. The standard InChI is InChI=1S/C20H15F3N2O/c1-3-12-8-13(14-10-24-25(2)11-14)9-17-18(12)15-6-4-5-7-16(15)19(17,26)20(21,22)23/h1,4-6,8-11,16,26H,7H2,2H3. The van der Waals surface area contributed by atoms with Gasteiger partial charge in [-0.15, -0.1) is 6.42 Å². The Kier molecular flexibility index (Phi) is 3.44. The molecule has 1 heterocycles. The van der Waals surface area contributed by atoms with Crippen molar-refractivity contribution in [2.24, 2.45) is 13.0 Å². The first-order valence-corrected chi connectivity index (χ1v) is 8.07. The van der Waals surface area contributed by atoms with E-state index >= 15 is 0 Å². The van der Waals surface area contributed by atoms with Crippen molar-refractivity contribution in [3.63, 3.8) is 0 Å². The van der Waals surface area contributed by atoms with Crippen LogP contribution >= 0.6 is 0 Å². The summed E-state index contributed by atoms with van der Waals surface area (Å²) in [5.74, 6) is 1.40. The van der Waals surface area contributed by atoms with Gasteiger partial charge in [0.05, 0.1) is 6.20 Å². The van der Waals surface area contributed by atoms with Gasteiger partial charge in [-0.2, -0.15) is 18.3 Å². The minimum absolute atomic E-state index is 0.1000. The minimum atomic E-state index is -4.83. The Morgan fingerprint density at radius 3 is 2.73 bits per heavy atom. The maximum Gasteiger partial charge on any atom is 0.422 e. The van der Waals surface area contributed by atoms with Crippen LogP contribution in [0.25, 0.3) is 16.7 Å². The zero-order valence-corrected chi connectivity index (χ0v) is 13.9. The Labute approximate surface area is 148 Å². The number of benzene rings is 1. The summed E-state index contributed by atoms with van der Waals surface area (Å²) < 4.78 is 43.6. The van der Waals surface area contributed by atoms with E-state index in [0.29, 0.717) is 27.8 Å². The van der Waals surface area contributed by atoms with Crippen LogP contribution in [0.15, 0.2) is 42.8 Å². The van der Waals surface area contributed by atoms with Crippen molar-refractivity contribution in [2.75, 3.05) is 0 Å². The van der Waals surface area contributed by atoms with Gasteiger partial charge in [-0.05, 0) is 29.7 Å². The molecule has 3 nitrogen and oxygen atoms in total. The average Bonchev–Trinajstić information content (AvgIpc) is 3.15. The second kappa shape index (κ2) is 5.36. The quantitative estimate of drug-likeness (QED) is 0.790. The van der Waals surface area contributed by atoms with Gasteiger partial charge in [0.2, 0.25) is 0 Å². The molecule has 0 saturated heterocycles. The molecular formula is C20H15F3N2O. The summed E-state index contributed by atoms with van der Waals surface area (Å²) in [5.41, 5.74) is -0.921. The highest BCUT2D eigenvalue weighted by Crippen LogP contribution is 2.59. The monoisotopic (exact) mass is 356 g/mol. The van der Waals surface area contributed by atoms with Crippen LogP contribution in [0.5, 0.6) is 0 Å². The van der Waals surface area contributed by atoms with E-state index in [2.05, 4.69) is 11.0 Å². The molecule has 0 radical (unpaired) electrons. The minimum Gasteiger partial charge on any atom is -0.376 e. The van der Waals surface area contributed by atoms with Gasteiger partial charge in [-0.25, -0.2) is 0 Å². The molecule has 1 aromatic heterocycles. The van der Waals surface area contributed by atoms with Crippen LogP contribution < -0.4 is 0 Å². The lowest BCUT2D eigenvalue weighted by Gasteiger charge is -2.33. The molecule has 1 aromatic carbocycles. The van der Waals surface area contributed by atoms with Gasteiger partial charge in [0.25, 0.3) is 0 Å². The van der Waals surface area contributed by atoms with Crippen LogP contribution in [0.3, 0.4) is 0 Å². The number of aromatic nitrogens is 2. The van der Waals surface area contributed by atoms with Crippen molar-refractivity contribution in [1.82, 2.24) is 9.78 Å². The molecule has 4 rings (SSSR count). The van der Waals surface area contributed by atoms with E-state index in [1.165, 1.54) is 6.07 Å². The molecule has 132 valence electrons. The first-order chi connectivity index (χ1) is 12.3. The summed E-state index contributed by atoms with van der Waals surface area (Å²) in [5, 5.41) is 14.9. The summed E-state index contributed by atoms with van der Waals surface area (Å²) in [6.45, 7) is 0. The van der Waals surface area contributed by atoms with Crippen molar-refractivity contribution < 1.29 is 18.3 Å².